The van der Waals surface area contributed by atoms with Crippen LogP contribution in [-0.4, -0.2) is 89.0 Å². The lowest BCUT2D eigenvalue weighted by atomic mass is 10.1. The summed E-state index contributed by atoms with van der Waals surface area (Å²) in [5.74, 6) is 1.02. The molecule has 0 unspecified atom stereocenters. The average molecular weight is 314 g/mol. The number of nitrogens with zero attached hydrogens (tertiary/aromatic N) is 3. The summed E-state index contributed by atoms with van der Waals surface area (Å²) in [5, 5.41) is 3.47. The predicted molar refractivity (Wildman–Crippen MR) is 91.6 cm³/mol. The molecule has 1 heterocycles. The van der Waals surface area contributed by atoms with Crippen LogP contribution in [0.15, 0.2) is 4.99 Å². The summed E-state index contributed by atoms with van der Waals surface area (Å²) < 4.78 is 10.8. The first kappa shape index (κ1) is 19.2. The summed E-state index contributed by atoms with van der Waals surface area (Å²) in [5.41, 5.74) is 0. The molecule has 1 aliphatic heterocycles. The van der Waals surface area contributed by atoms with Gasteiger partial charge in [0.2, 0.25) is 0 Å². The third-order valence-corrected chi connectivity index (χ3v) is 4.03. The molecule has 6 heteroatoms. The quantitative estimate of drug-likeness (QED) is 0.391. The average Bonchev–Trinajstić information content (AvgIpc) is 2.54. The number of likely N-dealkylation sites (N-methyl/N-ethyl adjacent to an activating group) is 1. The van der Waals surface area contributed by atoms with Gasteiger partial charge in [0.05, 0.1) is 12.7 Å². The lowest BCUT2D eigenvalue weighted by Crippen LogP contribution is -2.47. The van der Waals surface area contributed by atoms with E-state index in [9.17, 15) is 0 Å². The molecule has 1 N–H and O–H groups in total. The SMILES string of the molecule is CCOC1CCN(C(=NC)NCCCN(C)CCOC)CC1. The van der Waals surface area contributed by atoms with Crippen molar-refractivity contribution in [3.05, 3.63) is 0 Å². The smallest absolute Gasteiger partial charge is 0.193 e. The Bertz CT molecular complexity index is 305. The summed E-state index contributed by atoms with van der Waals surface area (Å²) in [6, 6.07) is 0. The molecule has 1 fully saturated rings. The largest absolute Gasteiger partial charge is 0.383 e. The molecule has 6 nitrogen and oxygen atoms in total. The third kappa shape index (κ3) is 7.42. The lowest BCUT2D eigenvalue weighted by molar-refractivity contribution is 0.0264. The molecule has 1 rings (SSSR count). The van der Waals surface area contributed by atoms with Gasteiger partial charge in [-0.1, -0.05) is 0 Å². The van der Waals surface area contributed by atoms with Crippen LogP contribution >= 0.6 is 0 Å². The topological polar surface area (TPSA) is 49.3 Å². The number of rotatable bonds is 9. The standard InChI is InChI=1S/C16H34N4O2/c1-5-22-15-7-11-20(12-8-15)16(17-2)18-9-6-10-19(3)13-14-21-4/h15H,5-14H2,1-4H3,(H,17,18). The summed E-state index contributed by atoms with van der Waals surface area (Å²) in [6.07, 6.45) is 3.71. The number of methoxy groups -OCH3 is 1. The van der Waals surface area contributed by atoms with E-state index in [1.54, 1.807) is 7.11 Å². The van der Waals surface area contributed by atoms with Crippen LogP contribution in [0.5, 0.6) is 0 Å². The van der Waals surface area contributed by atoms with Crippen molar-refractivity contribution in [2.45, 2.75) is 32.3 Å². The fourth-order valence-corrected chi connectivity index (χ4v) is 2.71. The second kappa shape index (κ2) is 11.7. The number of aliphatic imine (C=N–C) groups is 1. The van der Waals surface area contributed by atoms with Crippen molar-refractivity contribution in [2.75, 3.05) is 67.1 Å². The van der Waals surface area contributed by atoms with Gasteiger partial charge < -0.3 is 24.6 Å². The van der Waals surface area contributed by atoms with Crippen molar-refractivity contribution >= 4 is 5.96 Å². The van der Waals surface area contributed by atoms with E-state index in [2.05, 4.69) is 34.1 Å². The van der Waals surface area contributed by atoms with Gasteiger partial charge in [-0.2, -0.15) is 0 Å². The number of piperidine rings is 1. The van der Waals surface area contributed by atoms with E-state index in [0.717, 1.165) is 71.2 Å². The highest BCUT2D eigenvalue weighted by molar-refractivity contribution is 5.79. The van der Waals surface area contributed by atoms with Gasteiger partial charge in [-0.05, 0) is 39.8 Å². The van der Waals surface area contributed by atoms with Gasteiger partial charge in [0.25, 0.3) is 0 Å². The number of hydrogen-bond donors (Lipinski definition) is 1. The van der Waals surface area contributed by atoms with Crippen molar-refractivity contribution in [2.24, 2.45) is 4.99 Å². The Kier molecular flexibility index (Phi) is 10.2. The predicted octanol–water partition coefficient (Wildman–Crippen LogP) is 1.03. The van der Waals surface area contributed by atoms with E-state index in [-0.39, 0.29) is 0 Å². The normalized spacial score (nSPS) is 17.3. The van der Waals surface area contributed by atoms with Gasteiger partial charge in [0, 0.05) is 46.9 Å². The fraction of sp³-hybridized carbons (Fsp3) is 0.938. The van der Waals surface area contributed by atoms with Crippen LogP contribution in [0.2, 0.25) is 0 Å². The highest BCUT2D eigenvalue weighted by Gasteiger charge is 2.21. The third-order valence-electron chi connectivity index (χ3n) is 4.03. The summed E-state index contributed by atoms with van der Waals surface area (Å²) >= 11 is 0. The molecule has 0 aromatic rings. The molecule has 0 radical (unpaired) electrons. The number of nitrogens with one attached hydrogen (secondary N) is 1. The molecule has 0 saturated carbocycles. The maximum atomic E-state index is 5.70. The zero-order valence-corrected chi connectivity index (χ0v) is 14.8. The molecule has 1 saturated heterocycles. The Hall–Kier alpha value is -0.850. The van der Waals surface area contributed by atoms with E-state index in [1.165, 1.54) is 0 Å². The van der Waals surface area contributed by atoms with Crippen LogP contribution in [-0.2, 0) is 9.47 Å². The van der Waals surface area contributed by atoms with Crippen molar-refractivity contribution in [3.63, 3.8) is 0 Å². The molecular weight excluding hydrogens is 280 g/mol. The minimum absolute atomic E-state index is 0.425. The number of ether oxygens (including phenoxy) is 2. The first-order chi connectivity index (χ1) is 10.7. The van der Waals surface area contributed by atoms with Crippen LogP contribution in [0.1, 0.15) is 26.2 Å². The van der Waals surface area contributed by atoms with Crippen LogP contribution < -0.4 is 5.32 Å². The molecule has 22 heavy (non-hydrogen) atoms. The van der Waals surface area contributed by atoms with E-state index in [0.29, 0.717) is 6.10 Å². The van der Waals surface area contributed by atoms with Crippen molar-refractivity contribution < 1.29 is 9.47 Å². The Morgan fingerprint density at radius 2 is 2.05 bits per heavy atom. The zero-order chi connectivity index (χ0) is 16.2. The van der Waals surface area contributed by atoms with E-state index >= 15 is 0 Å². The van der Waals surface area contributed by atoms with Crippen molar-refractivity contribution in [1.82, 2.24) is 15.1 Å². The molecule has 1 aliphatic rings. The highest BCUT2D eigenvalue weighted by Crippen LogP contribution is 2.13. The first-order valence-electron chi connectivity index (χ1n) is 8.46. The van der Waals surface area contributed by atoms with Crippen LogP contribution in [0.25, 0.3) is 0 Å². The summed E-state index contributed by atoms with van der Waals surface area (Å²) in [6.45, 7) is 8.73. The van der Waals surface area contributed by atoms with Crippen LogP contribution in [0.4, 0.5) is 0 Å². The van der Waals surface area contributed by atoms with Gasteiger partial charge in [-0.3, -0.25) is 4.99 Å². The molecule has 0 atom stereocenters. The van der Waals surface area contributed by atoms with E-state index in [4.69, 9.17) is 9.47 Å². The fourth-order valence-electron chi connectivity index (χ4n) is 2.71. The minimum Gasteiger partial charge on any atom is -0.383 e. The highest BCUT2D eigenvalue weighted by atomic mass is 16.5. The molecule has 0 bridgehead atoms. The number of guanidine groups is 1. The molecule has 130 valence electrons. The van der Waals surface area contributed by atoms with Gasteiger partial charge >= 0.3 is 0 Å². The molecule has 0 aliphatic carbocycles. The van der Waals surface area contributed by atoms with Crippen molar-refractivity contribution in [3.8, 4) is 0 Å². The zero-order valence-electron chi connectivity index (χ0n) is 14.8. The second-order valence-corrected chi connectivity index (χ2v) is 5.77. The van der Waals surface area contributed by atoms with Gasteiger partial charge in [0.1, 0.15) is 0 Å². The minimum atomic E-state index is 0.425. The van der Waals surface area contributed by atoms with Crippen molar-refractivity contribution in [1.29, 1.82) is 0 Å². The maximum absolute atomic E-state index is 5.70. The van der Waals surface area contributed by atoms with E-state index < -0.39 is 0 Å². The maximum Gasteiger partial charge on any atom is 0.193 e. The number of likely N-dealkylation sites (tertiary alicyclic amines) is 1. The van der Waals surface area contributed by atoms with Crippen LogP contribution in [0, 0.1) is 0 Å². The molecule has 0 aromatic carbocycles. The van der Waals surface area contributed by atoms with Gasteiger partial charge in [-0.15, -0.1) is 0 Å². The summed E-state index contributed by atoms with van der Waals surface area (Å²) in [4.78, 5) is 9.04. The van der Waals surface area contributed by atoms with E-state index in [1.807, 2.05) is 7.05 Å². The number of hydrogen-bond acceptors (Lipinski definition) is 4. The Balaban J connectivity index is 2.18. The summed E-state index contributed by atoms with van der Waals surface area (Å²) in [7, 11) is 5.74. The molecule has 0 amide bonds. The Labute approximate surface area is 135 Å². The first-order valence-corrected chi connectivity index (χ1v) is 8.46. The second-order valence-electron chi connectivity index (χ2n) is 5.77. The Morgan fingerprint density at radius 3 is 2.64 bits per heavy atom. The van der Waals surface area contributed by atoms with Crippen LogP contribution in [0.3, 0.4) is 0 Å². The lowest BCUT2D eigenvalue weighted by Gasteiger charge is -2.34. The molecule has 0 spiro atoms. The van der Waals surface area contributed by atoms with Gasteiger partial charge in [0.15, 0.2) is 5.96 Å². The van der Waals surface area contributed by atoms with Gasteiger partial charge in [-0.25, -0.2) is 0 Å². The molecule has 0 aromatic heterocycles. The monoisotopic (exact) mass is 314 g/mol. The molecular formula is C16H34N4O2. The Morgan fingerprint density at radius 1 is 1.32 bits per heavy atom.